The van der Waals surface area contributed by atoms with Crippen molar-refractivity contribution in [2.45, 2.75) is 13.3 Å². The van der Waals surface area contributed by atoms with Gasteiger partial charge in [-0.2, -0.15) is 0 Å². The predicted octanol–water partition coefficient (Wildman–Crippen LogP) is 1.16. The summed E-state index contributed by atoms with van der Waals surface area (Å²) >= 11 is 0. The Bertz CT molecular complexity index is 147. The van der Waals surface area contributed by atoms with Gasteiger partial charge in [0.1, 0.15) is 5.84 Å². The average molecular weight is 124 g/mol. The molecule has 0 bridgehead atoms. The van der Waals surface area contributed by atoms with Crippen molar-refractivity contribution in [3.05, 3.63) is 12.3 Å². The molecule has 1 rings (SSSR count). The summed E-state index contributed by atoms with van der Waals surface area (Å²) in [6, 6.07) is 0. The van der Waals surface area contributed by atoms with E-state index < -0.39 is 0 Å². The van der Waals surface area contributed by atoms with Crippen molar-refractivity contribution < 1.29 is 0 Å². The third kappa shape index (κ3) is 1.12. The van der Waals surface area contributed by atoms with Crippen LogP contribution in [0.1, 0.15) is 13.3 Å². The SMILES string of the molecule is CCC1C=CN/C1=N/C. The number of amidine groups is 1. The summed E-state index contributed by atoms with van der Waals surface area (Å²) in [7, 11) is 1.82. The van der Waals surface area contributed by atoms with Crippen LogP contribution in [0.2, 0.25) is 0 Å². The molecule has 0 amide bonds. The highest BCUT2D eigenvalue weighted by Gasteiger charge is 2.12. The van der Waals surface area contributed by atoms with Gasteiger partial charge >= 0.3 is 0 Å². The summed E-state index contributed by atoms with van der Waals surface area (Å²) < 4.78 is 0. The molecule has 0 spiro atoms. The monoisotopic (exact) mass is 124 g/mol. The van der Waals surface area contributed by atoms with Crippen LogP contribution in [-0.4, -0.2) is 12.9 Å². The lowest BCUT2D eigenvalue weighted by Crippen LogP contribution is -2.18. The minimum atomic E-state index is 0.537. The number of hydrogen-bond donors (Lipinski definition) is 1. The smallest absolute Gasteiger partial charge is 0.107 e. The summed E-state index contributed by atoms with van der Waals surface area (Å²) in [5.41, 5.74) is 0. The zero-order valence-electron chi connectivity index (χ0n) is 5.89. The molecule has 1 unspecified atom stereocenters. The topological polar surface area (TPSA) is 24.4 Å². The molecule has 1 aliphatic rings. The van der Waals surface area contributed by atoms with Gasteiger partial charge in [-0.15, -0.1) is 0 Å². The van der Waals surface area contributed by atoms with Gasteiger partial charge in [0, 0.05) is 13.0 Å². The summed E-state index contributed by atoms with van der Waals surface area (Å²) in [4.78, 5) is 4.08. The van der Waals surface area contributed by atoms with Crippen LogP contribution in [0, 0.1) is 5.92 Å². The fraction of sp³-hybridized carbons (Fsp3) is 0.571. The number of hydrogen-bond acceptors (Lipinski definition) is 1. The summed E-state index contributed by atoms with van der Waals surface area (Å²) in [6.45, 7) is 2.16. The minimum Gasteiger partial charge on any atom is -0.350 e. The van der Waals surface area contributed by atoms with Gasteiger partial charge in [0.15, 0.2) is 0 Å². The Balaban J connectivity index is 2.60. The normalized spacial score (nSPS) is 29.1. The lowest BCUT2D eigenvalue weighted by atomic mass is 10.1. The number of nitrogens with one attached hydrogen (secondary N) is 1. The van der Waals surface area contributed by atoms with Crippen molar-refractivity contribution in [2.24, 2.45) is 10.9 Å². The van der Waals surface area contributed by atoms with Crippen LogP contribution in [0.25, 0.3) is 0 Å². The average Bonchev–Trinajstić information content (AvgIpc) is 2.33. The molecular weight excluding hydrogens is 112 g/mol. The van der Waals surface area contributed by atoms with E-state index in [4.69, 9.17) is 0 Å². The molecular formula is C7H12N2. The molecule has 2 nitrogen and oxygen atoms in total. The number of aliphatic imine (C=N–C) groups is 1. The van der Waals surface area contributed by atoms with Gasteiger partial charge in [-0.05, 0) is 12.6 Å². The van der Waals surface area contributed by atoms with Crippen molar-refractivity contribution >= 4 is 5.84 Å². The molecule has 0 radical (unpaired) electrons. The molecule has 0 aliphatic carbocycles. The van der Waals surface area contributed by atoms with Crippen LogP contribution in [0.15, 0.2) is 17.3 Å². The second-order valence-electron chi connectivity index (χ2n) is 2.13. The van der Waals surface area contributed by atoms with E-state index in [-0.39, 0.29) is 0 Å². The molecule has 2 heteroatoms. The Morgan fingerprint density at radius 1 is 1.78 bits per heavy atom. The Morgan fingerprint density at radius 2 is 2.56 bits per heavy atom. The maximum atomic E-state index is 4.08. The largest absolute Gasteiger partial charge is 0.350 e. The minimum absolute atomic E-state index is 0.537. The third-order valence-electron chi connectivity index (χ3n) is 1.59. The molecule has 0 fully saturated rings. The first-order chi connectivity index (χ1) is 4.38. The molecule has 0 aromatic rings. The van der Waals surface area contributed by atoms with E-state index in [9.17, 15) is 0 Å². The Kier molecular flexibility index (Phi) is 1.88. The van der Waals surface area contributed by atoms with E-state index in [1.807, 2.05) is 13.2 Å². The van der Waals surface area contributed by atoms with Gasteiger partial charge in [0.05, 0.1) is 0 Å². The van der Waals surface area contributed by atoms with E-state index in [1.165, 1.54) is 0 Å². The van der Waals surface area contributed by atoms with Gasteiger partial charge in [-0.25, -0.2) is 0 Å². The van der Waals surface area contributed by atoms with Gasteiger partial charge in [-0.3, -0.25) is 4.99 Å². The van der Waals surface area contributed by atoms with Crippen LogP contribution in [-0.2, 0) is 0 Å². The standard InChI is InChI=1S/C7H12N2/c1-3-6-4-5-9-7(6)8-2/h4-6H,3H2,1-2H3,(H,8,9). The van der Waals surface area contributed by atoms with Gasteiger partial charge in [0.25, 0.3) is 0 Å². The van der Waals surface area contributed by atoms with E-state index in [2.05, 4.69) is 23.3 Å². The molecule has 0 saturated heterocycles. The van der Waals surface area contributed by atoms with E-state index in [0.29, 0.717) is 5.92 Å². The lowest BCUT2D eigenvalue weighted by Gasteiger charge is -2.03. The molecule has 1 heterocycles. The Labute approximate surface area is 55.7 Å². The fourth-order valence-corrected chi connectivity index (χ4v) is 1.01. The Morgan fingerprint density at radius 3 is 3.00 bits per heavy atom. The van der Waals surface area contributed by atoms with Gasteiger partial charge in [0.2, 0.25) is 0 Å². The third-order valence-corrected chi connectivity index (χ3v) is 1.59. The second kappa shape index (κ2) is 2.67. The van der Waals surface area contributed by atoms with Crippen molar-refractivity contribution in [1.29, 1.82) is 0 Å². The molecule has 1 aliphatic heterocycles. The molecule has 1 N–H and O–H groups in total. The summed E-state index contributed by atoms with van der Waals surface area (Å²) in [6.07, 6.45) is 5.23. The molecule has 9 heavy (non-hydrogen) atoms. The highest BCUT2D eigenvalue weighted by Crippen LogP contribution is 2.09. The summed E-state index contributed by atoms with van der Waals surface area (Å²) in [5.74, 6) is 1.63. The highest BCUT2D eigenvalue weighted by molar-refractivity contribution is 5.89. The summed E-state index contributed by atoms with van der Waals surface area (Å²) in [5, 5.41) is 3.08. The molecule has 1 atom stereocenters. The first-order valence-corrected chi connectivity index (χ1v) is 3.28. The van der Waals surface area contributed by atoms with Crippen LogP contribution < -0.4 is 5.32 Å². The molecule has 0 aromatic carbocycles. The first kappa shape index (κ1) is 6.33. The number of nitrogens with zero attached hydrogens (tertiary/aromatic N) is 1. The van der Waals surface area contributed by atoms with Crippen LogP contribution >= 0.6 is 0 Å². The maximum absolute atomic E-state index is 4.08. The molecule has 50 valence electrons. The fourth-order valence-electron chi connectivity index (χ4n) is 1.01. The molecule has 0 aromatic heterocycles. The van der Waals surface area contributed by atoms with Gasteiger partial charge in [-0.1, -0.05) is 13.0 Å². The maximum Gasteiger partial charge on any atom is 0.107 e. The van der Waals surface area contributed by atoms with Crippen LogP contribution in [0.3, 0.4) is 0 Å². The zero-order valence-corrected chi connectivity index (χ0v) is 5.89. The van der Waals surface area contributed by atoms with Crippen LogP contribution in [0.4, 0.5) is 0 Å². The van der Waals surface area contributed by atoms with Crippen LogP contribution in [0.5, 0.6) is 0 Å². The predicted molar refractivity (Wildman–Crippen MR) is 39.4 cm³/mol. The highest BCUT2D eigenvalue weighted by atomic mass is 15.0. The number of rotatable bonds is 1. The zero-order chi connectivity index (χ0) is 6.69. The second-order valence-corrected chi connectivity index (χ2v) is 2.13. The Hall–Kier alpha value is -0.790. The van der Waals surface area contributed by atoms with E-state index in [0.717, 1.165) is 12.3 Å². The molecule has 0 saturated carbocycles. The van der Waals surface area contributed by atoms with Crippen molar-refractivity contribution in [3.63, 3.8) is 0 Å². The van der Waals surface area contributed by atoms with Gasteiger partial charge < -0.3 is 5.32 Å². The van der Waals surface area contributed by atoms with E-state index >= 15 is 0 Å². The van der Waals surface area contributed by atoms with Crippen molar-refractivity contribution in [2.75, 3.05) is 7.05 Å². The lowest BCUT2D eigenvalue weighted by molar-refractivity contribution is 0.816. The van der Waals surface area contributed by atoms with Crippen molar-refractivity contribution in [1.82, 2.24) is 5.32 Å². The quantitative estimate of drug-likeness (QED) is 0.557. The van der Waals surface area contributed by atoms with Crippen molar-refractivity contribution in [3.8, 4) is 0 Å². The first-order valence-electron chi connectivity index (χ1n) is 3.28. The van der Waals surface area contributed by atoms with E-state index in [1.54, 1.807) is 0 Å².